The topological polar surface area (TPSA) is 183 Å². The van der Waals surface area contributed by atoms with Crippen LogP contribution in [0.1, 0.15) is 67.4 Å². The molecule has 0 aliphatic carbocycles. The lowest BCUT2D eigenvalue weighted by molar-refractivity contribution is -0.0975. The molecule has 1 saturated heterocycles. The van der Waals surface area contributed by atoms with Crippen molar-refractivity contribution >= 4 is 31.4 Å². The molecular formula is C52H62N7O10P. The van der Waals surface area contributed by atoms with E-state index in [0.29, 0.717) is 41.4 Å². The molecule has 0 spiro atoms. The number of hydrogen-bond acceptors (Lipinski definition) is 15. The highest BCUT2D eigenvalue weighted by molar-refractivity contribution is 7.44. The van der Waals surface area contributed by atoms with Crippen LogP contribution in [0.15, 0.2) is 122 Å². The Morgan fingerprint density at radius 3 is 2.00 bits per heavy atom. The summed E-state index contributed by atoms with van der Waals surface area (Å²) in [5, 5.41) is 12.5. The number of carbonyl (C=O) groups excluding carboxylic acids is 1. The lowest BCUT2D eigenvalue weighted by Gasteiger charge is -2.39. The summed E-state index contributed by atoms with van der Waals surface area (Å²) in [5.41, 5.74) is 2.47. The number of aromatic nitrogens is 4. The Bertz CT molecular complexity index is 2530. The van der Waals surface area contributed by atoms with Crippen LogP contribution in [0, 0.1) is 11.3 Å². The summed E-state index contributed by atoms with van der Waals surface area (Å²) in [7, 11) is 3.04. The molecule has 18 heteroatoms. The molecule has 0 saturated carbocycles. The lowest BCUT2D eigenvalue weighted by Crippen LogP contribution is -2.43. The van der Waals surface area contributed by atoms with Gasteiger partial charge in [-0.25, -0.2) is 19.6 Å². The number of fused-ring (bicyclic) bond motifs is 1. The zero-order chi connectivity index (χ0) is 49.5. The van der Waals surface area contributed by atoms with Crippen molar-refractivity contribution in [3.8, 4) is 17.6 Å². The largest absolute Gasteiger partial charge is 0.497 e. The summed E-state index contributed by atoms with van der Waals surface area (Å²) in [5.74, 6) is 1.24. The van der Waals surface area contributed by atoms with E-state index in [1.165, 1.54) is 6.33 Å². The molecule has 1 fully saturated rings. The first-order valence-corrected chi connectivity index (χ1v) is 24.4. The van der Waals surface area contributed by atoms with E-state index in [2.05, 4.69) is 53.7 Å². The second-order valence-electron chi connectivity index (χ2n) is 16.8. The summed E-state index contributed by atoms with van der Waals surface area (Å²) in [6.07, 6.45) is -0.362. The molecule has 2 aromatic heterocycles. The number of carbonyl (C=O) groups is 1. The van der Waals surface area contributed by atoms with Crippen molar-refractivity contribution < 1.29 is 47.0 Å². The van der Waals surface area contributed by atoms with E-state index in [-0.39, 0.29) is 56.7 Å². The first-order valence-electron chi connectivity index (χ1n) is 23.2. The highest BCUT2D eigenvalue weighted by Gasteiger charge is 2.52. The van der Waals surface area contributed by atoms with Gasteiger partial charge < -0.3 is 47.5 Å². The second-order valence-corrected chi connectivity index (χ2v) is 18.2. The molecule has 3 heterocycles. The number of hydrogen-bond donors (Lipinski definition) is 1. The van der Waals surface area contributed by atoms with Crippen molar-refractivity contribution in [2.75, 3.05) is 66.3 Å². The zero-order valence-electron chi connectivity index (χ0n) is 40.7. The molecule has 1 aliphatic rings. The van der Waals surface area contributed by atoms with Crippen molar-refractivity contribution in [2.45, 2.75) is 76.3 Å². The van der Waals surface area contributed by atoms with Crippen molar-refractivity contribution in [3.63, 3.8) is 0 Å². The van der Waals surface area contributed by atoms with Crippen LogP contribution in [0.3, 0.4) is 0 Å². The molecule has 0 bridgehead atoms. The molecule has 0 radical (unpaired) electrons. The molecule has 6 aromatic rings. The Morgan fingerprint density at radius 2 is 1.40 bits per heavy atom. The number of methoxy groups -OCH3 is 3. The zero-order valence-corrected chi connectivity index (χ0v) is 41.6. The minimum absolute atomic E-state index is 0.00995. The average Bonchev–Trinajstić information content (AvgIpc) is 3.97. The summed E-state index contributed by atoms with van der Waals surface area (Å²) in [6.45, 7) is 9.60. The van der Waals surface area contributed by atoms with Crippen LogP contribution in [0.2, 0.25) is 0 Å². The molecule has 70 heavy (non-hydrogen) atoms. The predicted molar refractivity (Wildman–Crippen MR) is 264 cm³/mol. The predicted octanol–water partition coefficient (Wildman–Crippen LogP) is 8.71. The van der Waals surface area contributed by atoms with Crippen molar-refractivity contribution in [3.05, 3.63) is 144 Å². The molecule has 4 aromatic carbocycles. The molecule has 5 atom stereocenters. The maximum Gasteiger partial charge on any atom is 0.259 e. The molecular weight excluding hydrogens is 914 g/mol. The third-order valence-corrected chi connectivity index (χ3v) is 13.8. The number of nitrogens with one attached hydrogen (secondary N) is 1. The minimum atomic E-state index is -1.84. The van der Waals surface area contributed by atoms with Crippen LogP contribution >= 0.6 is 8.53 Å². The molecule has 370 valence electrons. The standard InChI is InChI=1S/C52H62N7O10P/c1-36(2)59(37(3)4)70(67-28-14-27-53)69-46-44(33-66-52(39-17-12-9-13-18-39,40-19-23-42(62-6)24-20-40)41-21-25-43(63-7)26-22-41)68-51(47(46)65-32-31-64-30-29-61-5)58-35-56-45-48(54-34-55-49(45)58)57-50(60)38-15-10-8-11-16-38/h8-13,15-26,34-37,44,46-47,51H,14,28-33H2,1-7H3,(H,54,55,57,60)/t44-,46-,47-,51-,70?/m1/s1. The van der Waals surface area contributed by atoms with E-state index in [1.54, 1.807) is 56.5 Å². The van der Waals surface area contributed by atoms with Crippen LogP contribution in [0.4, 0.5) is 5.82 Å². The first kappa shape index (κ1) is 51.9. The van der Waals surface area contributed by atoms with Gasteiger partial charge in [-0.05, 0) is 80.8 Å². The summed E-state index contributed by atoms with van der Waals surface area (Å²) in [6, 6.07) is 36.7. The van der Waals surface area contributed by atoms with Crippen LogP contribution in [0.25, 0.3) is 11.2 Å². The van der Waals surface area contributed by atoms with Gasteiger partial charge in [-0.2, -0.15) is 5.26 Å². The maximum absolute atomic E-state index is 13.4. The van der Waals surface area contributed by atoms with Gasteiger partial charge >= 0.3 is 0 Å². The Hall–Kier alpha value is -5.90. The Balaban J connectivity index is 1.36. The van der Waals surface area contributed by atoms with E-state index >= 15 is 0 Å². The maximum atomic E-state index is 13.4. The van der Waals surface area contributed by atoms with Gasteiger partial charge in [0.05, 0.1) is 72.7 Å². The van der Waals surface area contributed by atoms with Gasteiger partial charge in [0.2, 0.25) is 0 Å². The minimum Gasteiger partial charge on any atom is -0.497 e. The van der Waals surface area contributed by atoms with E-state index in [0.717, 1.165) is 16.7 Å². The van der Waals surface area contributed by atoms with E-state index in [4.69, 9.17) is 47.2 Å². The Kier molecular flexibility index (Phi) is 18.8. The highest BCUT2D eigenvalue weighted by atomic mass is 31.2. The van der Waals surface area contributed by atoms with Gasteiger partial charge in [-0.15, -0.1) is 0 Å². The summed E-state index contributed by atoms with van der Waals surface area (Å²) >= 11 is 0. The Labute approximate surface area is 410 Å². The van der Waals surface area contributed by atoms with E-state index in [9.17, 15) is 10.1 Å². The number of anilines is 1. The number of imidazole rings is 1. The summed E-state index contributed by atoms with van der Waals surface area (Å²) in [4.78, 5) is 27.2. The number of amides is 1. The molecule has 7 rings (SSSR count). The molecule has 17 nitrogen and oxygen atoms in total. The molecule has 1 unspecified atom stereocenters. The monoisotopic (exact) mass is 975 g/mol. The smallest absolute Gasteiger partial charge is 0.259 e. The van der Waals surface area contributed by atoms with Crippen molar-refractivity contribution in [2.24, 2.45) is 0 Å². The van der Waals surface area contributed by atoms with Gasteiger partial charge in [0.15, 0.2) is 23.2 Å². The van der Waals surface area contributed by atoms with Crippen LogP contribution in [0.5, 0.6) is 11.5 Å². The van der Waals surface area contributed by atoms with Crippen LogP contribution in [-0.2, 0) is 38.3 Å². The third kappa shape index (κ3) is 12.2. The van der Waals surface area contributed by atoms with Gasteiger partial charge in [-0.1, -0.05) is 72.8 Å². The number of nitriles is 1. The van der Waals surface area contributed by atoms with E-state index < -0.39 is 38.7 Å². The second kappa shape index (κ2) is 25.3. The molecule has 1 aliphatic heterocycles. The van der Waals surface area contributed by atoms with Gasteiger partial charge in [-0.3, -0.25) is 9.36 Å². The van der Waals surface area contributed by atoms with Crippen LogP contribution in [-0.4, -0.2) is 121 Å². The van der Waals surface area contributed by atoms with Gasteiger partial charge in [0.1, 0.15) is 41.7 Å². The molecule has 1 N–H and O–H groups in total. The quantitative estimate of drug-likeness (QED) is 0.0309. The Morgan fingerprint density at radius 1 is 0.786 bits per heavy atom. The SMILES string of the molecule is COCCOCCO[C@@H]1[C@H](OP(OCCC#N)N(C(C)C)C(C)C)[C@@H](COC(c2ccccc2)(c2ccc(OC)cc2)c2ccc(OC)cc2)O[C@H]1n1cnc2c(NC(=O)c3ccccc3)ncnc21. The fraction of sp³-hybridized carbons (Fsp3) is 0.404. The number of nitrogens with zero attached hydrogens (tertiary/aromatic N) is 6. The summed E-state index contributed by atoms with van der Waals surface area (Å²) < 4.78 is 61.6. The van der Waals surface area contributed by atoms with Gasteiger partial charge in [0.25, 0.3) is 14.4 Å². The number of ether oxygens (including phenoxy) is 7. The highest BCUT2D eigenvalue weighted by Crippen LogP contribution is 2.51. The molecule has 1 amide bonds. The fourth-order valence-corrected chi connectivity index (χ4v) is 10.2. The van der Waals surface area contributed by atoms with E-state index in [1.807, 2.05) is 84.9 Å². The average molecular weight is 976 g/mol. The van der Waals surface area contributed by atoms with Crippen molar-refractivity contribution in [1.29, 1.82) is 5.26 Å². The fourth-order valence-electron chi connectivity index (χ4n) is 8.44. The van der Waals surface area contributed by atoms with Gasteiger partial charge in [0, 0.05) is 24.8 Å². The lowest BCUT2D eigenvalue weighted by atomic mass is 9.80. The van der Waals surface area contributed by atoms with Crippen LogP contribution < -0.4 is 14.8 Å². The van der Waals surface area contributed by atoms with Crippen molar-refractivity contribution in [1.82, 2.24) is 24.2 Å². The number of rotatable bonds is 26. The first-order chi connectivity index (χ1) is 34.1. The normalized spacial score (nSPS) is 17.6. The number of benzene rings is 4. The third-order valence-electron chi connectivity index (χ3n) is 11.7.